The van der Waals surface area contributed by atoms with Gasteiger partial charge in [-0.3, -0.25) is 4.72 Å². The van der Waals surface area contributed by atoms with Gasteiger partial charge < -0.3 is 10.5 Å². The Morgan fingerprint density at radius 3 is 2.74 bits per heavy atom. The molecule has 0 aromatic heterocycles. The number of benzene rings is 1. The maximum Gasteiger partial charge on any atom is 0.232 e. The van der Waals surface area contributed by atoms with E-state index in [1.54, 1.807) is 18.2 Å². The first-order valence-corrected chi connectivity index (χ1v) is 8.15. The fraction of sp³-hybridized carbons (Fsp3) is 0.538. The lowest BCUT2D eigenvalue weighted by atomic mass is 10.2. The van der Waals surface area contributed by atoms with Crippen LogP contribution < -0.4 is 15.2 Å². The van der Waals surface area contributed by atoms with Crippen molar-refractivity contribution < 1.29 is 13.2 Å². The topological polar surface area (TPSA) is 81.4 Å². The SMILES string of the molecule is CCOc1ccc(NS(=O)(=O)CC2CC2)cc1CN. The van der Waals surface area contributed by atoms with Gasteiger partial charge in [-0.15, -0.1) is 0 Å². The minimum absolute atomic E-state index is 0.207. The van der Waals surface area contributed by atoms with Gasteiger partial charge in [0, 0.05) is 17.8 Å². The van der Waals surface area contributed by atoms with Crippen molar-refractivity contribution in [3.63, 3.8) is 0 Å². The highest BCUT2D eigenvalue weighted by Crippen LogP contribution is 2.31. The highest BCUT2D eigenvalue weighted by atomic mass is 32.2. The van der Waals surface area contributed by atoms with Crippen molar-refractivity contribution in [2.45, 2.75) is 26.3 Å². The van der Waals surface area contributed by atoms with Gasteiger partial charge in [0.1, 0.15) is 5.75 Å². The molecular weight excluding hydrogens is 264 g/mol. The van der Waals surface area contributed by atoms with E-state index in [-0.39, 0.29) is 5.75 Å². The first-order chi connectivity index (χ1) is 9.04. The molecule has 0 radical (unpaired) electrons. The zero-order valence-corrected chi connectivity index (χ0v) is 11.9. The number of ether oxygens (including phenoxy) is 1. The zero-order valence-electron chi connectivity index (χ0n) is 11.1. The van der Waals surface area contributed by atoms with E-state index >= 15 is 0 Å². The lowest BCUT2D eigenvalue weighted by Gasteiger charge is -2.12. The number of rotatable bonds is 7. The van der Waals surface area contributed by atoms with Gasteiger partial charge >= 0.3 is 0 Å². The molecular formula is C13H20N2O3S. The number of sulfonamides is 1. The normalized spacial score (nSPS) is 15.3. The second kappa shape index (κ2) is 5.79. The quantitative estimate of drug-likeness (QED) is 0.798. The van der Waals surface area contributed by atoms with Gasteiger partial charge in [0.2, 0.25) is 10.0 Å². The molecule has 1 aliphatic carbocycles. The third kappa shape index (κ3) is 4.11. The molecule has 3 N–H and O–H groups in total. The molecule has 6 heteroatoms. The molecule has 2 rings (SSSR count). The summed E-state index contributed by atoms with van der Waals surface area (Å²) in [5, 5.41) is 0. The van der Waals surface area contributed by atoms with Gasteiger partial charge in [0.15, 0.2) is 0 Å². The summed E-state index contributed by atoms with van der Waals surface area (Å²) < 4.78 is 31.8. The predicted octanol–water partition coefficient (Wildman–Crippen LogP) is 1.70. The highest BCUT2D eigenvalue weighted by Gasteiger charge is 2.28. The Morgan fingerprint density at radius 2 is 2.16 bits per heavy atom. The van der Waals surface area contributed by atoms with Gasteiger partial charge in [-0.25, -0.2) is 8.42 Å². The lowest BCUT2D eigenvalue weighted by molar-refractivity contribution is 0.336. The molecule has 0 spiro atoms. The predicted molar refractivity (Wildman–Crippen MR) is 75.6 cm³/mol. The second-order valence-corrected chi connectivity index (χ2v) is 6.55. The van der Waals surface area contributed by atoms with Gasteiger partial charge in [-0.2, -0.15) is 0 Å². The van der Waals surface area contributed by atoms with Gasteiger partial charge in [-0.05, 0) is 43.9 Å². The second-order valence-electron chi connectivity index (χ2n) is 4.79. The van der Waals surface area contributed by atoms with Gasteiger partial charge in [0.05, 0.1) is 12.4 Å². The van der Waals surface area contributed by atoms with Crippen LogP contribution in [0.15, 0.2) is 18.2 Å². The molecule has 1 aromatic rings. The molecule has 0 saturated heterocycles. The molecule has 0 unspecified atom stereocenters. The summed E-state index contributed by atoms with van der Waals surface area (Å²) in [6, 6.07) is 5.19. The van der Waals surface area contributed by atoms with Crippen LogP contribution in [0.3, 0.4) is 0 Å². The summed E-state index contributed by atoms with van der Waals surface area (Å²) in [6.07, 6.45) is 2.02. The third-order valence-corrected chi connectivity index (χ3v) is 4.46. The molecule has 0 heterocycles. The Labute approximate surface area is 114 Å². The average molecular weight is 284 g/mol. The fourth-order valence-electron chi connectivity index (χ4n) is 1.91. The summed E-state index contributed by atoms with van der Waals surface area (Å²) in [6.45, 7) is 2.76. The monoisotopic (exact) mass is 284 g/mol. The molecule has 1 fully saturated rings. The molecule has 1 saturated carbocycles. The number of nitrogens with one attached hydrogen (secondary N) is 1. The molecule has 106 valence electrons. The van der Waals surface area contributed by atoms with Crippen LogP contribution in [0.1, 0.15) is 25.3 Å². The van der Waals surface area contributed by atoms with Crippen LogP contribution in [0, 0.1) is 5.92 Å². The van der Waals surface area contributed by atoms with E-state index in [1.165, 1.54) is 0 Å². The van der Waals surface area contributed by atoms with Gasteiger partial charge in [-0.1, -0.05) is 0 Å². The maximum atomic E-state index is 11.9. The number of anilines is 1. The van der Waals surface area contributed by atoms with Crippen LogP contribution in [0.25, 0.3) is 0 Å². The summed E-state index contributed by atoms with van der Waals surface area (Å²) in [7, 11) is -3.25. The smallest absolute Gasteiger partial charge is 0.232 e. The van der Waals surface area contributed by atoms with Crippen molar-refractivity contribution in [3.05, 3.63) is 23.8 Å². The molecule has 1 aromatic carbocycles. The molecule has 0 bridgehead atoms. The summed E-state index contributed by atoms with van der Waals surface area (Å²) >= 11 is 0. The molecule has 0 amide bonds. The minimum atomic E-state index is -3.25. The van der Waals surface area contributed by atoms with Gasteiger partial charge in [0.25, 0.3) is 0 Å². The molecule has 5 nitrogen and oxygen atoms in total. The van der Waals surface area contributed by atoms with Crippen LogP contribution in [0.4, 0.5) is 5.69 Å². The average Bonchev–Trinajstić information content (AvgIpc) is 3.14. The van der Waals surface area contributed by atoms with E-state index in [1.807, 2.05) is 6.92 Å². The summed E-state index contributed by atoms with van der Waals surface area (Å²) in [5.74, 6) is 1.24. The van der Waals surface area contributed by atoms with E-state index < -0.39 is 10.0 Å². The van der Waals surface area contributed by atoms with Crippen LogP contribution in [0.5, 0.6) is 5.75 Å². The molecule has 0 aliphatic heterocycles. The Kier molecular flexibility index (Phi) is 4.31. The zero-order chi connectivity index (χ0) is 13.9. The first-order valence-electron chi connectivity index (χ1n) is 6.50. The highest BCUT2D eigenvalue weighted by molar-refractivity contribution is 7.92. The summed E-state index contributed by atoms with van der Waals surface area (Å²) in [5.41, 5.74) is 6.99. The van der Waals surface area contributed by atoms with Crippen molar-refractivity contribution in [1.29, 1.82) is 0 Å². The van der Waals surface area contributed by atoms with E-state index in [4.69, 9.17) is 10.5 Å². The van der Waals surface area contributed by atoms with E-state index in [0.717, 1.165) is 18.4 Å². The minimum Gasteiger partial charge on any atom is -0.494 e. The lowest BCUT2D eigenvalue weighted by Crippen LogP contribution is -2.18. The van der Waals surface area contributed by atoms with Crippen LogP contribution >= 0.6 is 0 Å². The van der Waals surface area contributed by atoms with Crippen molar-refractivity contribution >= 4 is 15.7 Å². The molecule has 1 aliphatic rings. The third-order valence-electron chi connectivity index (χ3n) is 3.01. The number of hydrogen-bond donors (Lipinski definition) is 2. The van der Waals surface area contributed by atoms with Crippen molar-refractivity contribution in [1.82, 2.24) is 0 Å². The van der Waals surface area contributed by atoms with E-state index in [2.05, 4.69) is 4.72 Å². The number of hydrogen-bond acceptors (Lipinski definition) is 4. The Hall–Kier alpha value is -1.27. The summed E-state index contributed by atoms with van der Waals surface area (Å²) in [4.78, 5) is 0. The van der Waals surface area contributed by atoms with Crippen LogP contribution in [-0.2, 0) is 16.6 Å². The van der Waals surface area contributed by atoms with Crippen LogP contribution in [-0.4, -0.2) is 20.8 Å². The van der Waals surface area contributed by atoms with Crippen molar-refractivity contribution in [2.75, 3.05) is 17.1 Å². The Morgan fingerprint density at radius 1 is 1.42 bits per heavy atom. The van der Waals surface area contributed by atoms with Crippen molar-refractivity contribution in [2.24, 2.45) is 11.7 Å². The largest absolute Gasteiger partial charge is 0.494 e. The Bertz CT molecular complexity index is 539. The fourth-order valence-corrected chi connectivity index (χ4v) is 3.44. The number of nitrogens with two attached hydrogens (primary N) is 1. The maximum absolute atomic E-state index is 11.9. The van der Waals surface area contributed by atoms with E-state index in [9.17, 15) is 8.42 Å². The first kappa shape index (κ1) is 14.1. The van der Waals surface area contributed by atoms with E-state index in [0.29, 0.717) is 30.5 Å². The standard InChI is InChI=1S/C13H20N2O3S/c1-2-18-13-6-5-12(7-11(13)8-14)15-19(16,17)9-10-3-4-10/h5-7,10,15H,2-4,8-9,14H2,1H3. The van der Waals surface area contributed by atoms with Crippen molar-refractivity contribution in [3.8, 4) is 5.75 Å². The van der Waals surface area contributed by atoms with Crippen LogP contribution in [0.2, 0.25) is 0 Å². The molecule has 0 atom stereocenters. The Balaban J connectivity index is 2.11. The molecule has 19 heavy (non-hydrogen) atoms.